The van der Waals surface area contributed by atoms with E-state index in [1.807, 2.05) is 48.7 Å². The van der Waals surface area contributed by atoms with Gasteiger partial charge in [-0.05, 0) is 50.1 Å². The van der Waals surface area contributed by atoms with Crippen molar-refractivity contribution in [2.24, 2.45) is 0 Å². The van der Waals surface area contributed by atoms with E-state index in [1.54, 1.807) is 19.1 Å². The van der Waals surface area contributed by atoms with Gasteiger partial charge in [0.15, 0.2) is 0 Å². The molecule has 3 rings (SSSR count). The van der Waals surface area contributed by atoms with E-state index in [1.165, 1.54) is 12.1 Å². The minimum atomic E-state index is -0.368. The van der Waals surface area contributed by atoms with Gasteiger partial charge >= 0.3 is 5.97 Å². The van der Waals surface area contributed by atoms with Crippen LogP contribution in [0.1, 0.15) is 40.5 Å². The fourth-order valence-corrected chi connectivity index (χ4v) is 3.42. The van der Waals surface area contributed by atoms with Crippen LogP contribution in [0.15, 0.2) is 54.6 Å². The molecule has 0 saturated heterocycles. The number of benzene rings is 2. The Balaban J connectivity index is 1.76. The molecule has 1 amide bonds. The van der Waals surface area contributed by atoms with Gasteiger partial charge in [-0.15, -0.1) is 0 Å². The number of ether oxygens (including phenoxy) is 1. The molecule has 31 heavy (non-hydrogen) atoms. The molecule has 2 aromatic carbocycles. The summed E-state index contributed by atoms with van der Waals surface area (Å²) in [6.07, 6.45) is 0.248. The van der Waals surface area contributed by atoms with Gasteiger partial charge in [0.25, 0.3) is 0 Å². The largest absolute Gasteiger partial charge is 0.462 e. The van der Waals surface area contributed by atoms with Crippen molar-refractivity contribution in [3.63, 3.8) is 0 Å². The maximum absolute atomic E-state index is 13.0. The minimum Gasteiger partial charge on any atom is -0.462 e. The first kappa shape index (κ1) is 22.3. The molecule has 0 aliphatic heterocycles. The Morgan fingerprint density at radius 2 is 1.71 bits per heavy atom. The monoisotopic (exact) mass is 422 g/mol. The summed E-state index contributed by atoms with van der Waals surface area (Å²) in [7, 11) is 0. The number of hydrogen-bond acceptors (Lipinski definition) is 3. The van der Waals surface area contributed by atoms with E-state index in [0.717, 1.165) is 28.1 Å². The van der Waals surface area contributed by atoms with Crippen LogP contribution >= 0.6 is 0 Å². The SMILES string of the molecule is CCOC(=O)c1cc(-c2ccc(C)cc2)n(CCC(=O)NCc2ccc(F)cc2)c1C. The fraction of sp³-hybridized carbons (Fsp3) is 0.280. The van der Waals surface area contributed by atoms with Crippen LogP contribution in [0.3, 0.4) is 0 Å². The van der Waals surface area contributed by atoms with E-state index in [-0.39, 0.29) is 24.1 Å². The van der Waals surface area contributed by atoms with E-state index in [4.69, 9.17) is 4.74 Å². The molecule has 0 bridgehead atoms. The quantitative estimate of drug-likeness (QED) is 0.531. The molecule has 1 N–H and O–H groups in total. The van der Waals surface area contributed by atoms with E-state index in [2.05, 4.69) is 5.32 Å². The van der Waals surface area contributed by atoms with Crippen LogP contribution in [0.5, 0.6) is 0 Å². The van der Waals surface area contributed by atoms with Crippen LogP contribution in [0.4, 0.5) is 4.39 Å². The summed E-state index contributed by atoms with van der Waals surface area (Å²) in [4.78, 5) is 24.8. The Kier molecular flexibility index (Phi) is 7.23. The molecule has 0 atom stereocenters. The molecule has 0 aliphatic rings. The molecule has 1 heterocycles. The second kappa shape index (κ2) is 10.1. The molecular weight excluding hydrogens is 395 g/mol. The normalized spacial score (nSPS) is 10.7. The van der Waals surface area contributed by atoms with Crippen molar-refractivity contribution < 1.29 is 18.7 Å². The van der Waals surface area contributed by atoms with Crippen molar-refractivity contribution in [1.29, 1.82) is 0 Å². The van der Waals surface area contributed by atoms with Crippen molar-refractivity contribution in [2.75, 3.05) is 6.61 Å². The number of halogens is 1. The topological polar surface area (TPSA) is 60.3 Å². The number of nitrogens with zero attached hydrogens (tertiary/aromatic N) is 1. The molecule has 0 saturated carbocycles. The van der Waals surface area contributed by atoms with Crippen LogP contribution in [-0.4, -0.2) is 23.1 Å². The lowest BCUT2D eigenvalue weighted by molar-refractivity contribution is -0.121. The lowest BCUT2D eigenvalue weighted by atomic mass is 10.1. The molecule has 0 spiro atoms. The number of rotatable bonds is 8. The van der Waals surface area contributed by atoms with Gasteiger partial charge in [0.05, 0.1) is 12.2 Å². The average Bonchev–Trinajstić information content (AvgIpc) is 3.09. The van der Waals surface area contributed by atoms with Gasteiger partial charge in [0.1, 0.15) is 5.82 Å². The number of aromatic nitrogens is 1. The summed E-state index contributed by atoms with van der Waals surface area (Å²) in [5, 5.41) is 2.86. The number of esters is 1. The Morgan fingerprint density at radius 1 is 1.03 bits per heavy atom. The van der Waals surface area contributed by atoms with Gasteiger partial charge in [-0.1, -0.05) is 42.0 Å². The molecule has 162 valence electrons. The van der Waals surface area contributed by atoms with Gasteiger partial charge in [0, 0.05) is 30.9 Å². The lowest BCUT2D eigenvalue weighted by Crippen LogP contribution is -2.24. The lowest BCUT2D eigenvalue weighted by Gasteiger charge is -2.13. The van der Waals surface area contributed by atoms with Crippen LogP contribution in [0.2, 0.25) is 0 Å². The smallest absolute Gasteiger partial charge is 0.339 e. The Morgan fingerprint density at radius 3 is 2.35 bits per heavy atom. The summed E-state index contributed by atoms with van der Waals surface area (Å²) in [6, 6.07) is 15.9. The van der Waals surface area contributed by atoms with Gasteiger partial charge in [0.2, 0.25) is 5.91 Å². The second-order valence-electron chi connectivity index (χ2n) is 7.42. The summed E-state index contributed by atoms with van der Waals surface area (Å²) >= 11 is 0. The maximum Gasteiger partial charge on any atom is 0.339 e. The number of carbonyl (C=O) groups excluding carboxylic acids is 2. The predicted molar refractivity (Wildman–Crippen MR) is 118 cm³/mol. The zero-order chi connectivity index (χ0) is 22.4. The highest BCUT2D eigenvalue weighted by Gasteiger charge is 2.20. The third-order valence-corrected chi connectivity index (χ3v) is 5.17. The first-order valence-electron chi connectivity index (χ1n) is 10.3. The van der Waals surface area contributed by atoms with E-state index >= 15 is 0 Å². The number of carbonyl (C=O) groups is 2. The highest BCUT2D eigenvalue weighted by atomic mass is 19.1. The van der Waals surface area contributed by atoms with Crippen LogP contribution in [0.25, 0.3) is 11.3 Å². The number of hydrogen-bond donors (Lipinski definition) is 1. The minimum absolute atomic E-state index is 0.120. The second-order valence-corrected chi connectivity index (χ2v) is 7.42. The van der Waals surface area contributed by atoms with E-state index in [0.29, 0.717) is 25.3 Å². The number of nitrogens with one attached hydrogen (secondary N) is 1. The van der Waals surface area contributed by atoms with Gasteiger partial charge in [-0.2, -0.15) is 0 Å². The molecule has 5 nitrogen and oxygen atoms in total. The molecular formula is C25H27FN2O3. The number of amides is 1. The first-order chi connectivity index (χ1) is 14.9. The van der Waals surface area contributed by atoms with E-state index < -0.39 is 0 Å². The van der Waals surface area contributed by atoms with Crippen molar-refractivity contribution in [3.8, 4) is 11.3 Å². The van der Waals surface area contributed by atoms with Gasteiger partial charge in [-0.25, -0.2) is 9.18 Å². The average molecular weight is 423 g/mol. The molecule has 1 aromatic heterocycles. The summed E-state index contributed by atoms with van der Waals surface area (Å²) in [5.41, 5.74) is 5.08. The molecule has 3 aromatic rings. The Bertz CT molecular complexity index is 1050. The zero-order valence-electron chi connectivity index (χ0n) is 18.1. The highest BCUT2D eigenvalue weighted by molar-refractivity contribution is 5.92. The summed E-state index contributed by atoms with van der Waals surface area (Å²) in [5.74, 6) is -0.794. The molecule has 6 heteroatoms. The van der Waals surface area contributed by atoms with E-state index in [9.17, 15) is 14.0 Å². The summed E-state index contributed by atoms with van der Waals surface area (Å²) < 4.78 is 20.2. The Labute approximate surface area is 181 Å². The predicted octanol–water partition coefficient (Wildman–Crippen LogP) is 4.79. The fourth-order valence-electron chi connectivity index (χ4n) is 3.42. The maximum atomic E-state index is 13.0. The third-order valence-electron chi connectivity index (χ3n) is 5.17. The molecule has 0 unspecified atom stereocenters. The van der Waals surface area contributed by atoms with Gasteiger partial charge < -0.3 is 14.6 Å². The van der Waals surface area contributed by atoms with Crippen molar-refractivity contribution in [1.82, 2.24) is 9.88 Å². The van der Waals surface area contributed by atoms with Gasteiger partial charge in [-0.3, -0.25) is 4.79 Å². The first-order valence-corrected chi connectivity index (χ1v) is 10.3. The van der Waals surface area contributed by atoms with Crippen LogP contribution in [-0.2, 0) is 22.6 Å². The van der Waals surface area contributed by atoms with Crippen molar-refractivity contribution in [3.05, 3.63) is 82.8 Å². The van der Waals surface area contributed by atoms with Crippen molar-refractivity contribution >= 4 is 11.9 Å². The van der Waals surface area contributed by atoms with Crippen LogP contribution < -0.4 is 5.32 Å². The molecule has 0 aliphatic carbocycles. The third kappa shape index (κ3) is 5.60. The molecule has 0 radical (unpaired) electrons. The summed E-state index contributed by atoms with van der Waals surface area (Å²) in [6.45, 7) is 6.71. The number of aryl methyl sites for hydroxylation is 1. The Hall–Kier alpha value is -3.41. The standard InChI is InChI=1S/C25H27FN2O3/c1-4-31-25(30)22-15-23(20-9-5-17(2)6-10-20)28(18(22)3)14-13-24(29)27-16-19-7-11-21(26)12-8-19/h5-12,15H,4,13-14,16H2,1-3H3,(H,27,29). The zero-order valence-corrected chi connectivity index (χ0v) is 18.1. The molecule has 0 fully saturated rings. The van der Waals surface area contributed by atoms with Crippen LogP contribution in [0, 0.1) is 19.7 Å². The van der Waals surface area contributed by atoms with Crippen molar-refractivity contribution in [2.45, 2.75) is 40.3 Å². The highest BCUT2D eigenvalue weighted by Crippen LogP contribution is 2.27.